The van der Waals surface area contributed by atoms with E-state index in [9.17, 15) is 23.1 Å². The topological polar surface area (TPSA) is 83.5 Å². The van der Waals surface area contributed by atoms with Crippen molar-refractivity contribution in [2.75, 3.05) is 0 Å². The molecular formula is C11H12F3NO3. The third-order valence-electron chi connectivity index (χ3n) is 2.42. The summed E-state index contributed by atoms with van der Waals surface area (Å²) < 4.78 is 36.0. The number of benzene rings is 1. The summed E-state index contributed by atoms with van der Waals surface area (Å²) in [6.07, 6.45) is -5.69. The maximum atomic E-state index is 12.0. The van der Waals surface area contributed by atoms with Crippen LogP contribution < -0.4 is 5.73 Å². The summed E-state index contributed by atoms with van der Waals surface area (Å²) in [4.78, 5) is 10.7. The lowest BCUT2D eigenvalue weighted by Crippen LogP contribution is -2.16. The van der Waals surface area contributed by atoms with Crippen LogP contribution in [0.3, 0.4) is 0 Å². The molecule has 1 atom stereocenters. The van der Waals surface area contributed by atoms with E-state index in [0.29, 0.717) is 0 Å². The van der Waals surface area contributed by atoms with Crippen LogP contribution in [0.25, 0.3) is 0 Å². The summed E-state index contributed by atoms with van der Waals surface area (Å²) in [7, 11) is 0. The summed E-state index contributed by atoms with van der Waals surface area (Å²) in [6.45, 7) is 0. The molecule has 0 spiro atoms. The molecule has 0 saturated carbocycles. The molecule has 1 aromatic rings. The number of aromatic carboxylic acids is 1. The van der Waals surface area contributed by atoms with Gasteiger partial charge in [-0.25, -0.2) is 4.79 Å². The van der Waals surface area contributed by atoms with Gasteiger partial charge in [-0.1, -0.05) is 6.07 Å². The zero-order valence-corrected chi connectivity index (χ0v) is 9.24. The molecule has 0 amide bonds. The van der Waals surface area contributed by atoms with E-state index in [0.717, 1.165) is 12.1 Å². The highest BCUT2D eigenvalue weighted by molar-refractivity contribution is 5.90. The lowest BCUT2D eigenvalue weighted by atomic mass is 10.00. The molecule has 1 aromatic carbocycles. The van der Waals surface area contributed by atoms with E-state index in [1.807, 2.05) is 0 Å². The van der Waals surface area contributed by atoms with Crippen LogP contribution in [-0.2, 0) is 0 Å². The van der Waals surface area contributed by atoms with E-state index >= 15 is 0 Å². The Labute approximate surface area is 101 Å². The Morgan fingerprint density at radius 2 is 2.00 bits per heavy atom. The molecule has 0 aliphatic heterocycles. The van der Waals surface area contributed by atoms with Crippen LogP contribution in [0.4, 0.5) is 13.2 Å². The number of rotatable bonds is 4. The van der Waals surface area contributed by atoms with Crippen molar-refractivity contribution in [2.24, 2.45) is 5.73 Å². The van der Waals surface area contributed by atoms with Crippen LogP contribution in [0.1, 0.15) is 34.8 Å². The molecule has 0 aliphatic rings. The summed E-state index contributed by atoms with van der Waals surface area (Å²) >= 11 is 0. The lowest BCUT2D eigenvalue weighted by molar-refractivity contribution is -0.136. The number of hydrogen-bond acceptors (Lipinski definition) is 3. The molecule has 0 bridgehead atoms. The molecule has 7 heteroatoms. The highest BCUT2D eigenvalue weighted by Crippen LogP contribution is 2.28. The van der Waals surface area contributed by atoms with E-state index in [4.69, 9.17) is 10.8 Å². The second-order valence-corrected chi connectivity index (χ2v) is 3.84. The average Bonchev–Trinajstić information content (AvgIpc) is 2.25. The minimum absolute atomic E-state index is 0.245. The first-order chi connectivity index (χ1) is 8.20. The molecule has 18 heavy (non-hydrogen) atoms. The van der Waals surface area contributed by atoms with Gasteiger partial charge in [-0.3, -0.25) is 0 Å². The number of alkyl halides is 3. The van der Waals surface area contributed by atoms with Crippen molar-refractivity contribution in [1.82, 2.24) is 0 Å². The van der Waals surface area contributed by atoms with Crippen LogP contribution in [0.15, 0.2) is 18.2 Å². The number of halogens is 3. The zero-order valence-electron chi connectivity index (χ0n) is 9.24. The summed E-state index contributed by atoms with van der Waals surface area (Å²) in [5.41, 5.74) is 5.41. The van der Waals surface area contributed by atoms with Gasteiger partial charge in [0.1, 0.15) is 11.3 Å². The smallest absolute Gasteiger partial charge is 0.389 e. The number of nitrogens with two attached hydrogens (primary N) is 1. The minimum Gasteiger partial charge on any atom is -0.507 e. The van der Waals surface area contributed by atoms with Crippen LogP contribution in [0.5, 0.6) is 5.75 Å². The molecule has 0 aromatic heterocycles. The molecule has 0 unspecified atom stereocenters. The van der Waals surface area contributed by atoms with Gasteiger partial charge in [-0.05, 0) is 24.1 Å². The van der Waals surface area contributed by atoms with E-state index in [-0.39, 0.29) is 17.5 Å². The quantitative estimate of drug-likeness (QED) is 0.779. The molecular weight excluding hydrogens is 251 g/mol. The van der Waals surface area contributed by atoms with Gasteiger partial charge in [-0.2, -0.15) is 13.2 Å². The Bertz CT molecular complexity index is 446. The van der Waals surface area contributed by atoms with E-state index < -0.39 is 30.4 Å². The van der Waals surface area contributed by atoms with Gasteiger partial charge in [0, 0.05) is 12.5 Å². The van der Waals surface area contributed by atoms with Crippen molar-refractivity contribution in [1.29, 1.82) is 0 Å². The predicted octanol–water partition coefficient (Wildman–Crippen LogP) is 2.43. The first kappa shape index (κ1) is 14.3. The Morgan fingerprint density at radius 1 is 1.39 bits per heavy atom. The fourth-order valence-corrected chi connectivity index (χ4v) is 1.44. The first-order valence-corrected chi connectivity index (χ1v) is 5.09. The number of carboxylic acid groups (broad SMARTS) is 1. The van der Waals surface area contributed by atoms with E-state index in [2.05, 4.69) is 0 Å². The highest BCUT2D eigenvalue weighted by Gasteiger charge is 2.28. The Morgan fingerprint density at radius 3 is 2.50 bits per heavy atom. The van der Waals surface area contributed by atoms with Gasteiger partial charge in [0.05, 0.1) is 0 Å². The molecule has 0 aliphatic carbocycles. The maximum absolute atomic E-state index is 12.0. The fourth-order valence-electron chi connectivity index (χ4n) is 1.44. The third kappa shape index (κ3) is 3.92. The number of aromatic hydroxyl groups is 1. The Balaban J connectivity index is 2.83. The van der Waals surface area contributed by atoms with Gasteiger partial charge >= 0.3 is 12.1 Å². The van der Waals surface area contributed by atoms with Crippen LogP contribution in [-0.4, -0.2) is 22.4 Å². The molecule has 100 valence electrons. The van der Waals surface area contributed by atoms with Gasteiger partial charge in [0.2, 0.25) is 0 Å². The van der Waals surface area contributed by atoms with E-state index in [1.165, 1.54) is 6.07 Å². The van der Waals surface area contributed by atoms with Gasteiger partial charge in [-0.15, -0.1) is 0 Å². The monoisotopic (exact) mass is 263 g/mol. The summed E-state index contributed by atoms with van der Waals surface area (Å²) in [5, 5.41) is 18.0. The number of phenols is 1. The van der Waals surface area contributed by atoms with Crippen molar-refractivity contribution in [3.8, 4) is 5.75 Å². The number of hydrogen-bond donors (Lipinski definition) is 3. The SMILES string of the molecule is N[C@H](CCC(F)(F)F)c1ccc(O)c(C(=O)O)c1. The third-order valence-corrected chi connectivity index (χ3v) is 2.42. The van der Waals surface area contributed by atoms with Gasteiger partial charge in [0.15, 0.2) is 0 Å². The summed E-state index contributed by atoms with van der Waals surface area (Å²) in [5.74, 6) is -1.81. The summed E-state index contributed by atoms with van der Waals surface area (Å²) in [6, 6.07) is 2.57. The zero-order chi connectivity index (χ0) is 13.9. The second kappa shape index (κ2) is 5.26. The van der Waals surface area contributed by atoms with Crippen molar-refractivity contribution >= 4 is 5.97 Å². The molecule has 0 fully saturated rings. The second-order valence-electron chi connectivity index (χ2n) is 3.84. The molecule has 0 saturated heterocycles. The maximum Gasteiger partial charge on any atom is 0.389 e. The van der Waals surface area contributed by atoms with Crippen LogP contribution >= 0.6 is 0 Å². The van der Waals surface area contributed by atoms with Crippen molar-refractivity contribution < 1.29 is 28.2 Å². The predicted molar refractivity (Wildman–Crippen MR) is 57.3 cm³/mol. The molecule has 4 nitrogen and oxygen atoms in total. The van der Waals surface area contributed by atoms with Crippen LogP contribution in [0.2, 0.25) is 0 Å². The number of carbonyl (C=O) groups is 1. The lowest BCUT2D eigenvalue weighted by Gasteiger charge is -2.14. The van der Waals surface area contributed by atoms with E-state index in [1.54, 1.807) is 0 Å². The largest absolute Gasteiger partial charge is 0.507 e. The fraction of sp³-hybridized carbons (Fsp3) is 0.364. The molecule has 1 rings (SSSR count). The van der Waals surface area contributed by atoms with Crippen LogP contribution in [0, 0.1) is 0 Å². The molecule has 0 heterocycles. The van der Waals surface area contributed by atoms with Crippen molar-refractivity contribution in [2.45, 2.75) is 25.1 Å². The molecule has 0 radical (unpaired) electrons. The van der Waals surface area contributed by atoms with Gasteiger partial charge < -0.3 is 15.9 Å². The Kier molecular flexibility index (Phi) is 4.18. The average molecular weight is 263 g/mol. The highest BCUT2D eigenvalue weighted by atomic mass is 19.4. The standard InChI is InChI=1S/C11H12F3NO3/c12-11(13,14)4-3-8(15)6-1-2-9(16)7(5-6)10(17)18/h1-2,5,8,16H,3-4,15H2,(H,17,18)/t8-/m1/s1. The minimum atomic E-state index is -4.30. The van der Waals surface area contributed by atoms with Gasteiger partial charge in [0.25, 0.3) is 0 Å². The van der Waals surface area contributed by atoms with Crippen molar-refractivity contribution in [3.63, 3.8) is 0 Å². The number of carboxylic acids is 1. The first-order valence-electron chi connectivity index (χ1n) is 5.09. The molecule has 4 N–H and O–H groups in total. The normalized spacial score (nSPS) is 13.3. The Hall–Kier alpha value is -1.76. The van der Waals surface area contributed by atoms with Crippen molar-refractivity contribution in [3.05, 3.63) is 29.3 Å².